The molecule has 4 rings (SSSR count). The summed E-state index contributed by atoms with van der Waals surface area (Å²) in [6, 6.07) is 26.7. The number of amides is 2. The zero-order chi connectivity index (χ0) is 30.3. The average Bonchev–Trinajstić information content (AvgIpc) is 3.00. The number of ether oxygens (including phenoxy) is 2. The Balaban J connectivity index is 1.64. The summed E-state index contributed by atoms with van der Waals surface area (Å²) in [6.07, 6.45) is 0. The van der Waals surface area contributed by atoms with Crippen molar-refractivity contribution in [2.45, 2.75) is 24.8 Å². The van der Waals surface area contributed by atoms with Crippen molar-refractivity contribution in [2.75, 3.05) is 30.4 Å². The van der Waals surface area contributed by atoms with Crippen molar-refractivity contribution in [2.24, 2.45) is 0 Å². The summed E-state index contributed by atoms with van der Waals surface area (Å²) in [5, 5.41) is 5.67. The van der Waals surface area contributed by atoms with E-state index in [1.165, 1.54) is 32.4 Å². The van der Waals surface area contributed by atoms with E-state index in [1.54, 1.807) is 48.5 Å². The zero-order valence-electron chi connectivity index (χ0n) is 23.8. The molecule has 0 fully saturated rings. The maximum absolute atomic E-state index is 13.9. The van der Waals surface area contributed by atoms with Gasteiger partial charge in [-0.2, -0.15) is 0 Å². The van der Waals surface area contributed by atoms with Gasteiger partial charge in [0, 0.05) is 6.07 Å². The van der Waals surface area contributed by atoms with Gasteiger partial charge in [-0.15, -0.1) is 0 Å². The SMILES string of the molecule is COc1ccc(N(CC(=O)Nc2ccccc2C(=O)N[C@H](C)c2ccccc2)S(=O)(=O)c2ccc(C)cc2)c(OC)c1. The summed E-state index contributed by atoms with van der Waals surface area (Å²) in [5.74, 6) is -0.381. The maximum atomic E-state index is 13.9. The van der Waals surface area contributed by atoms with E-state index < -0.39 is 22.5 Å². The predicted octanol–water partition coefficient (Wildman–Crippen LogP) is 5.34. The topological polar surface area (TPSA) is 114 Å². The minimum atomic E-state index is -4.21. The van der Waals surface area contributed by atoms with Gasteiger partial charge in [0.2, 0.25) is 5.91 Å². The van der Waals surface area contributed by atoms with E-state index in [0.717, 1.165) is 15.4 Å². The molecule has 42 heavy (non-hydrogen) atoms. The van der Waals surface area contributed by atoms with Gasteiger partial charge in [0.05, 0.1) is 42.1 Å². The molecule has 0 heterocycles. The number of hydrogen-bond donors (Lipinski definition) is 2. The second-order valence-electron chi connectivity index (χ2n) is 9.56. The molecule has 0 aliphatic heterocycles. The summed E-state index contributed by atoms with van der Waals surface area (Å²) in [7, 11) is -1.32. The summed E-state index contributed by atoms with van der Waals surface area (Å²) >= 11 is 0. The monoisotopic (exact) mass is 587 g/mol. The molecular weight excluding hydrogens is 554 g/mol. The van der Waals surface area contributed by atoms with E-state index >= 15 is 0 Å². The Morgan fingerprint density at radius 2 is 1.52 bits per heavy atom. The van der Waals surface area contributed by atoms with Crippen LogP contribution in [0.4, 0.5) is 11.4 Å². The summed E-state index contributed by atoms with van der Waals surface area (Å²) in [4.78, 5) is 26.7. The fourth-order valence-corrected chi connectivity index (χ4v) is 5.77. The smallest absolute Gasteiger partial charge is 0.264 e. The van der Waals surface area contributed by atoms with Crippen LogP contribution >= 0.6 is 0 Å². The van der Waals surface area contributed by atoms with Crippen molar-refractivity contribution >= 4 is 33.2 Å². The minimum absolute atomic E-state index is 0.00782. The highest BCUT2D eigenvalue weighted by molar-refractivity contribution is 7.92. The van der Waals surface area contributed by atoms with E-state index in [1.807, 2.05) is 44.2 Å². The number of carbonyl (C=O) groups excluding carboxylic acids is 2. The molecule has 9 nitrogen and oxygen atoms in total. The molecule has 0 bridgehead atoms. The van der Waals surface area contributed by atoms with E-state index in [4.69, 9.17) is 9.47 Å². The van der Waals surface area contributed by atoms with Gasteiger partial charge >= 0.3 is 0 Å². The normalized spacial score (nSPS) is 11.7. The van der Waals surface area contributed by atoms with Gasteiger partial charge < -0.3 is 20.1 Å². The first kappa shape index (κ1) is 30.1. The number of hydrogen-bond acceptors (Lipinski definition) is 6. The first-order valence-corrected chi connectivity index (χ1v) is 14.6. The Labute approximate surface area is 246 Å². The van der Waals surface area contributed by atoms with Crippen LogP contribution in [0, 0.1) is 6.92 Å². The molecule has 10 heteroatoms. The number of methoxy groups -OCH3 is 2. The largest absolute Gasteiger partial charge is 0.497 e. The second kappa shape index (κ2) is 13.2. The fourth-order valence-electron chi connectivity index (χ4n) is 4.34. The van der Waals surface area contributed by atoms with Crippen molar-refractivity contribution in [1.29, 1.82) is 0 Å². The van der Waals surface area contributed by atoms with E-state index in [2.05, 4.69) is 10.6 Å². The number of anilines is 2. The van der Waals surface area contributed by atoms with Crippen LogP contribution in [0.1, 0.15) is 34.5 Å². The quantitative estimate of drug-likeness (QED) is 0.245. The lowest BCUT2D eigenvalue weighted by atomic mass is 10.1. The second-order valence-corrected chi connectivity index (χ2v) is 11.4. The standard InChI is InChI=1S/C32H33N3O6S/c1-22-14-17-26(18-15-22)42(38,39)35(29-19-16-25(40-3)20-30(29)41-4)21-31(36)34-28-13-9-8-12-27(28)32(37)33-23(2)24-10-6-5-7-11-24/h5-20,23H,21H2,1-4H3,(H,33,37)(H,34,36)/t23-/m1/s1. The van der Waals surface area contributed by atoms with Crippen LogP contribution in [0.15, 0.2) is 102 Å². The minimum Gasteiger partial charge on any atom is -0.497 e. The molecular formula is C32H33N3O6S. The molecule has 4 aromatic rings. The third kappa shape index (κ3) is 6.90. The number of sulfonamides is 1. The zero-order valence-corrected chi connectivity index (χ0v) is 24.6. The van der Waals surface area contributed by atoms with Gasteiger partial charge in [-0.3, -0.25) is 13.9 Å². The number of aryl methyl sites for hydroxylation is 1. The number of carbonyl (C=O) groups is 2. The lowest BCUT2D eigenvalue weighted by Gasteiger charge is -2.26. The lowest BCUT2D eigenvalue weighted by molar-refractivity contribution is -0.114. The Bertz CT molecular complexity index is 1660. The average molecular weight is 588 g/mol. The number of para-hydroxylation sites is 1. The lowest BCUT2D eigenvalue weighted by Crippen LogP contribution is -2.38. The molecule has 218 valence electrons. The van der Waals surface area contributed by atoms with Crippen molar-refractivity contribution < 1.29 is 27.5 Å². The Morgan fingerprint density at radius 1 is 0.857 bits per heavy atom. The maximum Gasteiger partial charge on any atom is 0.264 e. The summed E-state index contributed by atoms with van der Waals surface area (Å²) < 4.78 is 39.5. The van der Waals surface area contributed by atoms with Crippen LogP contribution in [0.2, 0.25) is 0 Å². The molecule has 0 aliphatic carbocycles. The van der Waals surface area contributed by atoms with Gasteiger partial charge in [-0.1, -0.05) is 60.2 Å². The third-order valence-corrected chi connectivity index (χ3v) is 8.42. The number of nitrogens with one attached hydrogen (secondary N) is 2. The van der Waals surface area contributed by atoms with Gasteiger partial charge in [-0.25, -0.2) is 8.42 Å². The molecule has 0 aliphatic rings. The van der Waals surface area contributed by atoms with E-state index in [-0.39, 0.29) is 39.5 Å². The molecule has 0 saturated carbocycles. The van der Waals surface area contributed by atoms with Crippen LogP contribution < -0.4 is 24.4 Å². The molecule has 0 aromatic heterocycles. The molecule has 1 atom stereocenters. The van der Waals surface area contributed by atoms with Crippen LogP contribution in [-0.4, -0.2) is 41.0 Å². The van der Waals surface area contributed by atoms with Gasteiger partial charge in [0.1, 0.15) is 18.0 Å². The Morgan fingerprint density at radius 3 is 2.19 bits per heavy atom. The highest BCUT2D eigenvalue weighted by atomic mass is 32.2. The van der Waals surface area contributed by atoms with E-state index in [9.17, 15) is 18.0 Å². The number of rotatable bonds is 11. The first-order chi connectivity index (χ1) is 20.1. The number of benzene rings is 4. The van der Waals surface area contributed by atoms with Crippen molar-refractivity contribution in [1.82, 2.24) is 5.32 Å². The Kier molecular flexibility index (Phi) is 9.49. The molecule has 2 amide bonds. The van der Waals surface area contributed by atoms with Crippen molar-refractivity contribution in [3.05, 3.63) is 114 Å². The van der Waals surface area contributed by atoms with Crippen LogP contribution in [-0.2, 0) is 14.8 Å². The third-order valence-electron chi connectivity index (χ3n) is 6.64. The van der Waals surface area contributed by atoms with Gasteiger partial charge in [-0.05, 0) is 55.8 Å². The molecule has 0 unspecified atom stereocenters. The van der Waals surface area contributed by atoms with Crippen LogP contribution in [0.3, 0.4) is 0 Å². The molecule has 0 saturated heterocycles. The van der Waals surface area contributed by atoms with Gasteiger partial charge in [0.25, 0.3) is 15.9 Å². The van der Waals surface area contributed by atoms with Crippen molar-refractivity contribution in [3.63, 3.8) is 0 Å². The highest BCUT2D eigenvalue weighted by Crippen LogP contribution is 2.35. The Hall–Kier alpha value is -4.83. The van der Waals surface area contributed by atoms with Crippen LogP contribution in [0.5, 0.6) is 11.5 Å². The van der Waals surface area contributed by atoms with E-state index in [0.29, 0.717) is 5.75 Å². The highest BCUT2D eigenvalue weighted by Gasteiger charge is 2.30. The predicted molar refractivity (Wildman–Crippen MR) is 163 cm³/mol. The molecule has 4 aromatic carbocycles. The van der Waals surface area contributed by atoms with Crippen molar-refractivity contribution in [3.8, 4) is 11.5 Å². The summed E-state index contributed by atoms with van der Waals surface area (Å²) in [6.45, 7) is 3.13. The molecule has 0 radical (unpaired) electrons. The number of nitrogens with zero attached hydrogens (tertiary/aromatic N) is 1. The molecule has 2 N–H and O–H groups in total. The summed E-state index contributed by atoms with van der Waals surface area (Å²) in [5.41, 5.74) is 2.45. The fraction of sp³-hybridized carbons (Fsp3) is 0.188. The van der Waals surface area contributed by atoms with Crippen LogP contribution in [0.25, 0.3) is 0 Å². The first-order valence-electron chi connectivity index (χ1n) is 13.2. The van der Waals surface area contributed by atoms with Gasteiger partial charge in [0.15, 0.2) is 0 Å². The molecule has 0 spiro atoms.